The Balaban J connectivity index is 2.02. The number of amides is 3. The van der Waals surface area contributed by atoms with E-state index >= 15 is 0 Å². The zero-order chi connectivity index (χ0) is 17.5. The zero-order valence-electron chi connectivity index (χ0n) is 12.8. The van der Waals surface area contributed by atoms with E-state index < -0.39 is 11.8 Å². The van der Waals surface area contributed by atoms with Crippen LogP contribution in [-0.2, 0) is 16.0 Å². The fourth-order valence-electron chi connectivity index (χ4n) is 1.99. The molecule has 0 aromatic heterocycles. The second-order valence-electron chi connectivity index (χ2n) is 5.08. The Morgan fingerprint density at radius 2 is 1.67 bits per heavy atom. The van der Waals surface area contributed by atoms with E-state index in [1.165, 1.54) is 6.07 Å². The molecule has 5 N–H and O–H groups in total. The molecule has 2 aromatic rings. The van der Waals surface area contributed by atoms with Gasteiger partial charge in [0, 0.05) is 11.3 Å². The Kier molecular flexibility index (Phi) is 5.51. The van der Waals surface area contributed by atoms with Gasteiger partial charge >= 0.3 is 0 Å². The smallest absolute Gasteiger partial charge is 0.255 e. The molecule has 0 fully saturated rings. The summed E-state index contributed by atoms with van der Waals surface area (Å²) in [6.07, 6.45) is 0.146. The molecule has 0 radical (unpaired) electrons. The quantitative estimate of drug-likeness (QED) is 0.696. The third-order valence-electron chi connectivity index (χ3n) is 3.07. The molecule has 124 valence electrons. The predicted octanol–water partition coefficient (Wildman–Crippen LogP) is 0.831. The van der Waals surface area contributed by atoms with Gasteiger partial charge in [0.05, 0.1) is 6.42 Å². The van der Waals surface area contributed by atoms with Gasteiger partial charge in [0.25, 0.3) is 11.8 Å². The summed E-state index contributed by atoms with van der Waals surface area (Å²) in [7, 11) is 0. The molecular weight excluding hydrogens is 310 g/mol. The molecule has 0 atom stereocenters. The molecule has 2 rings (SSSR count). The number of benzene rings is 2. The van der Waals surface area contributed by atoms with Crippen molar-refractivity contribution < 1.29 is 19.1 Å². The molecular formula is C17H17N3O4. The van der Waals surface area contributed by atoms with Crippen LogP contribution in [-0.4, -0.2) is 24.3 Å². The number of hydrogen-bond donors (Lipinski definition) is 3. The summed E-state index contributed by atoms with van der Waals surface area (Å²) in [6.45, 7) is -0.258. The van der Waals surface area contributed by atoms with Gasteiger partial charge in [-0.3, -0.25) is 14.4 Å². The summed E-state index contributed by atoms with van der Waals surface area (Å²) in [5.41, 5.74) is 11.9. The first-order valence-corrected chi connectivity index (χ1v) is 7.14. The summed E-state index contributed by atoms with van der Waals surface area (Å²) in [5.74, 6) is -0.971. The molecule has 0 saturated carbocycles. The lowest BCUT2D eigenvalue weighted by Crippen LogP contribution is -2.20. The van der Waals surface area contributed by atoms with E-state index in [1.54, 1.807) is 42.5 Å². The van der Waals surface area contributed by atoms with Crippen LogP contribution in [0.1, 0.15) is 15.9 Å². The van der Waals surface area contributed by atoms with Crippen LogP contribution in [0.25, 0.3) is 0 Å². The number of primary amides is 2. The van der Waals surface area contributed by atoms with Crippen molar-refractivity contribution in [2.24, 2.45) is 11.5 Å². The SMILES string of the molecule is NC(=O)COc1cccc(C(=O)Nc2ccc(CC(N)=O)cc2)c1. The number of carbonyl (C=O) groups is 3. The number of nitrogens with one attached hydrogen (secondary N) is 1. The zero-order valence-corrected chi connectivity index (χ0v) is 12.8. The number of rotatable bonds is 7. The first-order valence-electron chi connectivity index (χ1n) is 7.14. The van der Waals surface area contributed by atoms with Crippen molar-refractivity contribution in [3.05, 3.63) is 59.7 Å². The lowest BCUT2D eigenvalue weighted by molar-refractivity contribution is -0.120. The minimum Gasteiger partial charge on any atom is -0.484 e. The van der Waals surface area contributed by atoms with Crippen molar-refractivity contribution in [3.8, 4) is 5.75 Å². The molecule has 2 aromatic carbocycles. The largest absolute Gasteiger partial charge is 0.484 e. The lowest BCUT2D eigenvalue weighted by atomic mass is 10.1. The maximum atomic E-state index is 12.2. The number of hydrogen-bond acceptors (Lipinski definition) is 4. The molecule has 0 aliphatic rings. The molecule has 0 saturated heterocycles. The van der Waals surface area contributed by atoms with Crippen molar-refractivity contribution in [1.82, 2.24) is 0 Å². The number of carbonyl (C=O) groups excluding carboxylic acids is 3. The summed E-state index contributed by atoms with van der Waals surface area (Å²) >= 11 is 0. The topological polar surface area (TPSA) is 125 Å². The van der Waals surface area contributed by atoms with Crippen LogP contribution in [0.5, 0.6) is 5.75 Å². The summed E-state index contributed by atoms with van der Waals surface area (Å²) in [5, 5.41) is 2.73. The van der Waals surface area contributed by atoms with Crippen LogP contribution in [0.15, 0.2) is 48.5 Å². The highest BCUT2D eigenvalue weighted by Gasteiger charge is 2.08. The van der Waals surface area contributed by atoms with Crippen LogP contribution < -0.4 is 21.5 Å². The van der Waals surface area contributed by atoms with Crippen LogP contribution in [0.2, 0.25) is 0 Å². The van der Waals surface area contributed by atoms with Gasteiger partial charge < -0.3 is 21.5 Å². The van der Waals surface area contributed by atoms with Gasteiger partial charge in [-0.25, -0.2) is 0 Å². The second-order valence-corrected chi connectivity index (χ2v) is 5.08. The molecule has 0 aliphatic carbocycles. The van der Waals surface area contributed by atoms with E-state index in [9.17, 15) is 14.4 Å². The normalized spacial score (nSPS) is 10.0. The van der Waals surface area contributed by atoms with Gasteiger partial charge in [0.1, 0.15) is 5.75 Å². The maximum absolute atomic E-state index is 12.2. The Bertz CT molecular complexity index is 757. The first-order chi connectivity index (χ1) is 11.4. The summed E-state index contributed by atoms with van der Waals surface area (Å²) < 4.78 is 5.16. The first kappa shape index (κ1) is 17.0. The van der Waals surface area contributed by atoms with Gasteiger partial charge in [0.2, 0.25) is 5.91 Å². The molecule has 24 heavy (non-hydrogen) atoms. The van der Waals surface area contributed by atoms with Crippen molar-refractivity contribution >= 4 is 23.4 Å². The van der Waals surface area contributed by atoms with Crippen LogP contribution >= 0.6 is 0 Å². The highest BCUT2D eigenvalue weighted by Crippen LogP contribution is 2.16. The predicted molar refractivity (Wildman–Crippen MR) is 88.4 cm³/mol. The highest BCUT2D eigenvalue weighted by atomic mass is 16.5. The van der Waals surface area contributed by atoms with Gasteiger partial charge in [0.15, 0.2) is 6.61 Å². The summed E-state index contributed by atoms with van der Waals surface area (Å²) in [4.78, 5) is 33.8. The molecule has 3 amide bonds. The van der Waals surface area contributed by atoms with Crippen LogP contribution in [0, 0.1) is 0 Å². The monoisotopic (exact) mass is 327 g/mol. The van der Waals surface area contributed by atoms with Gasteiger partial charge in [-0.05, 0) is 35.9 Å². The average Bonchev–Trinajstić information content (AvgIpc) is 2.54. The Labute approximate surface area is 138 Å². The highest BCUT2D eigenvalue weighted by molar-refractivity contribution is 6.04. The molecule has 0 spiro atoms. The fourth-order valence-corrected chi connectivity index (χ4v) is 1.99. The van der Waals surface area contributed by atoms with Gasteiger partial charge in [-0.15, -0.1) is 0 Å². The van der Waals surface area contributed by atoms with E-state index in [1.807, 2.05) is 0 Å². The van der Waals surface area contributed by atoms with Crippen molar-refractivity contribution in [1.29, 1.82) is 0 Å². The third-order valence-corrected chi connectivity index (χ3v) is 3.07. The van der Waals surface area contributed by atoms with Crippen molar-refractivity contribution in [2.75, 3.05) is 11.9 Å². The van der Waals surface area contributed by atoms with E-state index in [-0.39, 0.29) is 18.9 Å². The van der Waals surface area contributed by atoms with E-state index in [2.05, 4.69) is 5.32 Å². The Morgan fingerprint density at radius 1 is 0.958 bits per heavy atom. The van der Waals surface area contributed by atoms with Crippen LogP contribution in [0.3, 0.4) is 0 Å². The second kappa shape index (κ2) is 7.77. The number of anilines is 1. The molecule has 7 heteroatoms. The van der Waals surface area contributed by atoms with E-state index in [0.717, 1.165) is 5.56 Å². The molecule has 0 heterocycles. The Morgan fingerprint density at radius 3 is 2.29 bits per heavy atom. The maximum Gasteiger partial charge on any atom is 0.255 e. The minimum absolute atomic E-state index is 0.146. The molecule has 0 aliphatic heterocycles. The van der Waals surface area contributed by atoms with Crippen molar-refractivity contribution in [2.45, 2.75) is 6.42 Å². The minimum atomic E-state index is -0.596. The third kappa shape index (κ3) is 5.13. The van der Waals surface area contributed by atoms with E-state index in [4.69, 9.17) is 16.2 Å². The van der Waals surface area contributed by atoms with Gasteiger partial charge in [-0.1, -0.05) is 18.2 Å². The molecule has 7 nitrogen and oxygen atoms in total. The van der Waals surface area contributed by atoms with E-state index in [0.29, 0.717) is 17.0 Å². The molecule has 0 bridgehead atoms. The number of nitrogens with two attached hydrogens (primary N) is 2. The van der Waals surface area contributed by atoms with Crippen LogP contribution in [0.4, 0.5) is 5.69 Å². The lowest BCUT2D eigenvalue weighted by Gasteiger charge is -2.08. The van der Waals surface area contributed by atoms with Crippen molar-refractivity contribution in [3.63, 3.8) is 0 Å². The fraction of sp³-hybridized carbons (Fsp3) is 0.118. The Hall–Kier alpha value is -3.35. The molecule has 0 unspecified atom stereocenters. The average molecular weight is 327 g/mol. The van der Waals surface area contributed by atoms with Gasteiger partial charge in [-0.2, -0.15) is 0 Å². The standard InChI is InChI=1S/C17H17N3O4/c18-15(21)8-11-4-6-13(7-5-11)20-17(23)12-2-1-3-14(9-12)24-10-16(19)22/h1-7,9H,8,10H2,(H2,18,21)(H2,19,22)(H,20,23). The number of ether oxygens (including phenoxy) is 1. The summed E-state index contributed by atoms with van der Waals surface area (Å²) in [6, 6.07) is 13.2.